The van der Waals surface area contributed by atoms with Crippen LogP contribution in [0.25, 0.3) is 16.8 Å². The Morgan fingerprint density at radius 1 is 0.921 bits per heavy atom. The zero-order chi connectivity index (χ0) is 27.2. The number of nitriles is 1. The lowest BCUT2D eigenvalue weighted by molar-refractivity contribution is -0.394. The molecular weight excluding hydrogens is 492 g/mol. The average molecular weight is 510 g/mol. The molecule has 0 bridgehead atoms. The predicted molar refractivity (Wildman–Crippen MR) is 139 cm³/mol. The maximum atomic E-state index is 12.9. The van der Waals surface area contributed by atoms with E-state index in [0.717, 1.165) is 29.0 Å². The Morgan fingerprint density at radius 2 is 1.66 bits per heavy atom. The summed E-state index contributed by atoms with van der Waals surface area (Å²) in [5.41, 5.74) is -0.235. The fourth-order valence-electron chi connectivity index (χ4n) is 3.66. The molecule has 4 aromatic rings. The van der Waals surface area contributed by atoms with Crippen LogP contribution in [0.4, 0.5) is 17.1 Å². The molecule has 0 atom stereocenters. The minimum atomic E-state index is -0.792. The minimum absolute atomic E-state index is 0.0836. The van der Waals surface area contributed by atoms with Crippen LogP contribution < -0.4 is 14.8 Å². The van der Waals surface area contributed by atoms with Crippen molar-refractivity contribution in [2.45, 2.75) is 0 Å². The molecule has 0 aliphatic rings. The first-order chi connectivity index (χ1) is 18.3. The van der Waals surface area contributed by atoms with Crippen molar-refractivity contribution in [1.82, 2.24) is 0 Å². The van der Waals surface area contributed by atoms with Gasteiger partial charge in [0, 0.05) is 17.1 Å². The molecular formula is C27H18N4O7. The second-order valence-corrected chi connectivity index (χ2v) is 7.83. The molecule has 4 aromatic carbocycles. The number of ether oxygens (including phenoxy) is 2. The molecule has 0 saturated carbocycles. The van der Waals surface area contributed by atoms with Crippen molar-refractivity contribution in [2.24, 2.45) is 0 Å². The van der Waals surface area contributed by atoms with Gasteiger partial charge < -0.3 is 14.8 Å². The van der Waals surface area contributed by atoms with Gasteiger partial charge in [-0.25, -0.2) is 0 Å². The summed E-state index contributed by atoms with van der Waals surface area (Å²) in [5.74, 6) is -0.600. The predicted octanol–water partition coefficient (Wildman–Crippen LogP) is 6.00. The molecule has 0 heterocycles. The smallest absolute Gasteiger partial charge is 0.318 e. The lowest BCUT2D eigenvalue weighted by atomic mass is 10.1. The molecule has 0 aliphatic heterocycles. The minimum Gasteiger partial charge on any atom is -0.493 e. The van der Waals surface area contributed by atoms with Crippen molar-refractivity contribution in [1.29, 1.82) is 5.26 Å². The summed E-state index contributed by atoms with van der Waals surface area (Å²) in [6.07, 6.45) is 1.36. The quantitative estimate of drug-likeness (QED) is 0.131. The van der Waals surface area contributed by atoms with Crippen molar-refractivity contribution >= 4 is 39.8 Å². The molecule has 4 rings (SSSR count). The van der Waals surface area contributed by atoms with E-state index >= 15 is 0 Å². The molecule has 11 nitrogen and oxygen atoms in total. The number of fused-ring (bicyclic) bond motifs is 1. The van der Waals surface area contributed by atoms with Gasteiger partial charge in [-0.2, -0.15) is 5.26 Å². The maximum absolute atomic E-state index is 12.9. The van der Waals surface area contributed by atoms with Gasteiger partial charge in [-0.1, -0.05) is 42.5 Å². The summed E-state index contributed by atoms with van der Waals surface area (Å²) < 4.78 is 11.0. The Kier molecular flexibility index (Phi) is 7.25. The van der Waals surface area contributed by atoms with E-state index in [1.54, 1.807) is 12.1 Å². The van der Waals surface area contributed by atoms with Crippen LogP contribution in [0.15, 0.2) is 84.4 Å². The van der Waals surface area contributed by atoms with Crippen molar-refractivity contribution in [3.63, 3.8) is 0 Å². The summed E-state index contributed by atoms with van der Waals surface area (Å²) >= 11 is 0. The van der Waals surface area contributed by atoms with Crippen LogP contribution in [-0.2, 0) is 4.79 Å². The van der Waals surface area contributed by atoms with Crippen molar-refractivity contribution < 1.29 is 24.1 Å². The number of hydrogen-bond donors (Lipinski definition) is 1. The number of non-ortho nitro benzene ring substituents is 1. The number of hydrogen-bond acceptors (Lipinski definition) is 8. The number of nitrogens with zero attached hydrogens (tertiary/aromatic N) is 3. The Labute approximate surface area is 215 Å². The van der Waals surface area contributed by atoms with Crippen molar-refractivity contribution in [3.05, 3.63) is 110 Å². The van der Waals surface area contributed by atoms with Gasteiger partial charge in [0.05, 0.1) is 23.0 Å². The van der Waals surface area contributed by atoms with E-state index in [1.165, 1.54) is 31.4 Å². The Bertz CT molecular complexity index is 1650. The monoisotopic (exact) mass is 510 g/mol. The van der Waals surface area contributed by atoms with Crippen LogP contribution in [0.2, 0.25) is 0 Å². The van der Waals surface area contributed by atoms with E-state index < -0.39 is 27.1 Å². The summed E-state index contributed by atoms with van der Waals surface area (Å²) in [7, 11) is 1.35. The molecule has 0 radical (unpaired) electrons. The summed E-state index contributed by atoms with van der Waals surface area (Å²) in [4.78, 5) is 33.7. The first-order valence-corrected chi connectivity index (χ1v) is 11.0. The van der Waals surface area contributed by atoms with Gasteiger partial charge in [0.15, 0.2) is 11.5 Å². The molecule has 0 saturated heterocycles. The van der Waals surface area contributed by atoms with E-state index in [4.69, 9.17) is 9.47 Å². The highest BCUT2D eigenvalue weighted by Gasteiger charge is 2.22. The molecule has 38 heavy (non-hydrogen) atoms. The van der Waals surface area contributed by atoms with Gasteiger partial charge in [-0.15, -0.1) is 0 Å². The lowest BCUT2D eigenvalue weighted by Crippen LogP contribution is -2.13. The van der Waals surface area contributed by atoms with Crippen LogP contribution in [0.1, 0.15) is 5.56 Å². The molecule has 11 heteroatoms. The fraction of sp³-hybridized carbons (Fsp3) is 0.0370. The van der Waals surface area contributed by atoms with E-state index in [9.17, 15) is 30.3 Å². The summed E-state index contributed by atoms with van der Waals surface area (Å²) in [5, 5.41) is 36.5. The average Bonchev–Trinajstić information content (AvgIpc) is 2.92. The zero-order valence-corrected chi connectivity index (χ0v) is 19.8. The third kappa shape index (κ3) is 5.39. The summed E-state index contributed by atoms with van der Waals surface area (Å²) in [6, 6.07) is 22.3. The number of nitro groups is 2. The van der Waals surface area contributed by atoms with Gasteiger partial charge in [0.2, 0.25) is 5.75 Å². The van der Waals surface area contributed by atoms with Crippen molar-refractivity contribution in [2.75, 3.05) is 12.4 Å². The highest BCUT2D eigenvalue weighted by atomic mass is 16.6. The Hall–Kier alpha value is -5.76. The van der Waals surface area contributed by atoms with E-state index in [0.29, 0.717) is 11.3 Å². The fourth-order valence-corrected chi connectivity index (χ4v) is 3.66. The number of nitro benzene ring substituents is 2. The van der Waals surface area contributed by atoms with Crippen LogP contribution in [0.5, 0.6) is 17.2 Å². The first-order valence-electron chi connectivity index (χ1n) is 11.0. The number of carbonyl (C=O) groups is 1. The molecule has 1 N–H and O–H groups in total. The Balaban J connectivity index is 1.61. The highest BCUT2D eigenvalue weighted by molar-refractivity contribution is 6.12. The molecule has 0 aromatic heterocycles. The highest BCUT2D eigenvalue weighted by Crippen LogP contribution is 2.38. The standard InChI is InChI=1S/C27H18N4O7/c1-37-26-14-17(9-11-25(26)38-24-12-10-20(30(33)34)15-23(24)31(35)36)13-19(16-28)27(32)29-22-8-4-6-18-5-2-3-7-21(18)22/h2-15H,1H3,(H,29,32)/b19-13+. The second-order valence-electron chi connectivity index (χ2n) is 7.83. The van der Waals surface area contributed by atoms with Crippen LogP contribution in [-0.4, -0.2) is 22.9 Å². The molecule has 0 unspecified atom stereocenters. The maximum Gasteiger partial charge on any atom is 0.318 e. The number of benzene rings is 4. The van der Waals surface area contributed by atoms with Gasteiger partial charge >= 0.3 is 5.69 Å². The molecule has 1 amide bonds. The lowest BCUT2D eigenvalue weighted by Gasteiger charge is -2.11. The molecule has 188 valence electrons. The first kappa shape index (κ1) is 25.3. The van der Waals surface area contributed by atoms with E-state index in [-0.39, 0.29) is 22.8 Å². The number of rotatable bonds is 8. The van der Waals surface area contributed by atoms with Crippen LogP contribution in [0.3, 0.4) is 0 Å². The third-order valence-corrected chi connectivity index (χ3v) is 5.47. The van der Waals surface area contributed by atoms with E-state index in [2.05, 4.69) is 5.32 Å². The normalized spacial score (nSPS) is 10.9. The molecule has 0 aliphatic carbocycles. The largest absolute Gasteiger partial charge is 0.493 e. The number of nitrogens with one attached hydrogen (secondary N) is 1. The van der Waals surface area contributed by atoms with Gasteiger partial charge in [-0.05, 0) is 41.3 Å². The molecule has 0 spiro atoms. The van der Waals surface area contributed by atoms with Crippen LogP contribution in [0, 0.1) is 31.6 Å². The number of amides is 1. The summed E-state index contributed by atoms with van der Waals surface area (Å²) in [6.45, 7) is 0. The number of carbonyl (C=O) groups excluding carboxylic acids is 1. The SMILES string of the molecule is COc1cc(/C=C(\C#N)C(=O)Nc2cccc3ccccc23)ccc1Oc1ccc([N+](=O)[O-])cc1[N+](=O)[O-]. The Morgan fingerprint density at radius 3 is 2.37 bits per heavy atom. The topological polar surface area (TPSA) is 158 Å². The van der Waals surface area contributed by atoms with Gasteiger partial charge in [0.25, 0.3) is 11.6 Å². The zero-order valence-electron chi connectivity index (χ0n) is 19.8. The second kappa shape index (κ2) is 10.9. The number of anilines is 1. The van der Waals surface area contributed by atoms with Gasteiger partial charge in [0.1, 0.15) is 11.6 Å². The van der Waals surface area contributed by atoms with E-state index in [1.807, 2.05) is 36.4 Å². The molecule has 0 fully saturated rings. The van der Waals surface area contributed by atoms with Crippen LogP contribution >= 0.6 is 0 Å². The third-order valence-electron chi connectivity index (χ3n) is 5.47. The van der Waals surface area contributed by atoms with Crippen molar-refractivity contribution in [3.8, 4) is 23.3 Å². The van der Waals surface area contributed by atoms with Gasteiger partial charge in [-0.3, -0.25) is 25.0 Å². The number of methoxy groups -OCH3 is 1.